The summed E-state index contributed by atoms with van der Waals surface area (Å²) in [5, 5.41) is 5.51. The first kappa shape index (κ1) is 18.1. The van der Waals surface area contributed by atoms with E-state index in [1.807, 2.05) is 72.8 Å². The van der Waals surface area contributed by atoms with Gasteiger partial charge in [-0.15, -0.1) is 0 Å². The Labute approximate surface area is 279 Å². The van der Waals surface area contributed by atoms with Gasteiger partial charge in [0.15, 0.2) is 0 Å². The minimum atomic E-state index is -0.491. The maximum atomic E-state index is 9.73. The van der Waals surface area contributed by atoms with Gasteiger partial charge in [-0.3, -0.25) is 0 Å². The van der Waals surface area contributed by atoms with Crippen LogP contribution in [-0.4, -0.2) is 0 Å². The third kappa shape index (κ3) is 3.62. The van der Waals surface area contributed by atoms with Gasteiger partial charge in [0.1, 0.15) is 0 Å². The number of fused-ring (bicyclic) bond motifs is 4. The maximum absolute atomic E-state index is 9.73. The smallest absolute Gasteiger partial charge is 0.0622 e. The van der Waals surface area contributed by atoms with Crippen LogP contribution < -0.4 is 0 Å². The molecule has 0 heterocycles. The van der Waals surface area contributed by atoms with Crippen LogP contribution in [0.4, 0.5) is 0 Å². The van der Waals surface area contributed by atoms with Gasteiger partial charge < -0.3 is 0 Å². The van der Waals surface area contributed by atoms with Gasteiger partial charge in [0.25, 0.3) is 0 Å². The first-order valence-electron chi connectivity index (χ1n) is 19.8. The van der Waals surface area contributed by atoms with Crippen LogP contribution in [0.25, 0.3) is 98.0 Å². The summed E-state index contributed by atoms with van der Waals surface area (Å²) in [7, 11) is 0. The van der Waals surface area contributed by atoms with E-state index in [1.165, 1.54) is 0 Å². The van der Waals surface area contributed by atoms with E-state index < -0.39 is 24.2 Å². The molecule has 0 N–H and O–H groups in total. The van der Waals surface area contributed by atoms with E-state index >= 15 is 0 Å². The van der Waals surface area contributed by atoms with E-state index in [4.69, 9.17) is 6.85 Å². The molecule has 0 aliphatic heterocycles. The van der Waals surface area contributed by atoms with Crippen molar-refractivity contribution in [2.45, 2.75) is 0 Å². The molecule has 0 nitrogen and oxygen atoms in total. The fourth-order valence-corrected chi connectivity index (χ4v) is 7.25. The van der Waals surface area contributed by atoms with E-state index in [-0.39, 0.29) is 68.1 Å². The van der Waals surface area contributed by atoms with Crippen LogP contribution in [0.15, 0.2) is 170 Å². The van der Waals surface area contributed by atoms with Gasteiger partial charge in [-0.05, 0) is 104 Å². The Morgan fingerprint density at radius 3 is 1.78 bits per heavy atom. The fraction of sp³-hybridized carbons (Fsp3) is 0. The van der Waals surface area contributed by atoms with Gasteiger partial charge >= 0.3 is 0 Å². The van der Waals surface area contributed by atoms with E-state index in [2.05, 4.69) is 42.5 Å². The standard InChI is InChI=1S/C46H28/c1-2-10-29(11-3-1)34-15-9-16-35(28-34)43-37-18-6-7-19-38(37)46(45-36-17-5-4-12-30(36)22-27-41(43)45)40-26-24-33-21-20-31-13-8-14-32-23-25-39(40)44(33)42(31)32/h1-28H/i8D,13D,14D,20D,21D,23D,24D,25D,26D. The highest BCUT2D eigenvalue weighted by atomic mass is 14.2. The molecule has 0 aliphatic rings. The SMILES string of the molecule is [2H]c1c([2H])c2c([2H])c([2H])c3c([2H])c([2H])c(-c4c5ccccc5c(-c5cccc(-c6ccccc6)c5)c5ccc6ccccc6c45)c4c([2H])c([2H])c(c1[2H])c2c34. The second-order valence-corrected chi connectivity index (χ2v) is 11.7. The van der Waals surface area contributed by atoms with Gasteiger partial charge in [-0.25, -0.2) is 0 Å². The van der Waals surface area contributed by atoms with Gasteiger partial charge in [0.2, 0.25) is 0 Å². The minimum Gasteiger partial charge on any atom is -0.0622 e. The van der Waals surface area contributed by atoms with Crippen LogP contribution in [0.1, 0.15) is 12.3 Å². The predicted molar refractivity (Wildman–Crippen MR) is 199 cm³/mol. The highest BCUT2D eigenvalue weighted by molar-refractivity contribution is 6.32. The lowest BCUT2D eigenvalue weighted by molar-refractivity contribution is 1.61. The van der Waals surface area contributed by atoms with Crippen molar-refractivity contribution in [3.05, 3.63) is 170 Å². The average Bonchev–Trinajstić information content (AvgIpc) is 3.21. The second-order valence-electron chi connectivity index (χ2n) is 11.7. The summed E-state index contributed by atoms with van der Waals surface area (Å²) in [5.74, 6) is 0. The topological polar surface area (TPSA) is 0 Å². The second kappa shape index (κ2) is 9.76. The summed E-state index contributed by atoms with van der Waals surface area (Å²) >= 11 is 0. The molecule has 10 aromatic rings. The van der Waals surface area contributed by atoms with E-state index in [1.54, 1.807) is 0 Å². The van der Waals surface area contributed by atoms with Crippen molar-refractivity contribution in [2.75, 3.05) is 0 Å². The van der Waals surface area contributed by atoms with Gasteiger partial charge in [-0.1, -0.05) is 164 Å². The number of hydrogen-bond acceptors (Lipinski definition) is 0. The molecule has 0 aliphatic carbocycles. The predicted octanol–water partition coefficient (Wildman–Crippen LogP) is 13.0. The van der Waals surface area contributed by atoms with Gasteiger partial charge in [0, 0.05) is 0 Å². The fourth-order valence-electron chi connectivity index (χ4n) is 7.25. The van der Waals surface area contributed by atoms with Crippen molar-refractivity contribution < 1.29 is 12.3 Å². The molecule has 0 fully saturated rings. The number of hydrogen-bond donors (Lipinski definition) is 0. The molecule has 0 radical (unpaired) electrons. The molecule has 46 heavy (non-hydrogen) atoms. The molecule has 0 bridgehead atoms. The largest absolute Gasteiger partial charge is 0.0630 e. The first-order valence-corrected chi connectivity index (χ1v) is 15.3. The lowest BCUT2D eigenvalue weighted by atomic mass is 9.81. The molecule has 0 spiro atoms. The van der Waals surface area contributed by atoms with E-state index in [9.17, 15) is 5.48 Å². The summed E-state index contributed by atoms with van der Waals surface area (Å²) in [6.45, 7) is 0. The van der Waals surface area contributed by atoms with Crippen LogP contribution in [0, 0.1) is 0 Å². The molecular weight excluding hydrogens is 553 g/mol. The van der Waals surface area contributed by atoms with Gasteiger partial charge in [0.05, 0.1) is 12.3 Å². The molecule has 0 heteroatoms. The van der Waals surface area contributed by atoms with Crippen LogP contribution in [-0.2, 0) is 0 Å². The van der Waals surface area contributed by atoms with Gasteiger partial charge in [-0.2, -0.15) is 0 Å². The zero-order chi connectivity index (χ0) is 38.0. The highest BCUT2D eigenvalue weighted by Crippen LogP contribution is 2.49. The normalized spacial score (nSPS) is 14.7. The third-order valence-corrected chi connectivity index (χ3v) is 9.23. The van der Waals surface area contributed by atoms with E-state index in [0.29, 0.717) is 5.56 Å². The molecule has 10 aromatic carbocycles. The summed E-state index contributed by atoms with van der Waals surface area (Å²) in [4.78, 5) is 0. The Kier molecular flexibility index (Phi) is 3.84. The molecule has 0 saturated carbocycles. The zero-order valence-electron chi connectivity index (χ0n) is 33.5. The Hall–Kier alpha value is -5.98. The van der Waals surface area contributed by atoms with Crippen molar-refractivity contribution in [2.24, 2.45) is 0 Å². The third-order valence-electron chi connectivity index (χ3n) is 9.23. The van der Waals surface area contributed by atoms with Crippen molar-refractivity contribution in [1.29, 1.82) is 0 Å². The summed E-state index contributed by atoms with van der Waals surface area (Å²) in [6.07, 6.45) is 0. The molecule has 10 rings (SSSR count). The van der Waals surface area contributed by atoms with Crippen molar-refractivity contribution in [3.8, 4) is 33.4 Å². The molecule has 212 valence electrons. The van der Waals surface area contributed by atoms with Crippen LogP contribution in [0.3, 0.4) is 0 Å². The Balaban J connectivity index is 1.47. The molecule has 0 amide bonds. The quantitative estimate of drug-likeness (QED) is 0.142. The highest BCUT2D eigenvalue weighted by Gasteiger charge is 2.21. The molecular formula is C46H28. The Morgan fingerprint density at radius 1 is 0.326 bits per heavy atom. The zero-order valence-corrected chi connectivity index (χ0v) is 24.5. The van der Waals surface area contributed by atoms with Crippen LogP contribution in [0.5, 0.6) is 0 Å². The maximum Gasteiger partial charge on any atom is 0.0630 e. The molecule has 0 unspecified atom stereocenters. The lowest BCUT2D eigenvalue weighted by Crippen LogP contribution is -1.94. The monoisotopic (exact) mass is 589 g/mol. The average molecular weight is 590 g/mol. The summed E-state index contributed by atoms with van der Waals surface area (Å²) < 4.78 is 82.2. The summed E-state index contributed by atoms with van der Waals surface area (Å²) in [6, 6.07) is 35.3. The molecule has 0 aromatic heterocycles. The van der Waals surface area contributed by atoms with E-state index in [0.717, 1.165) is 54.6 Å². The Morgan fingerprint density at radius 2 is 0.957 bits per heavy atom. The van der Waals surface area contributed by atoms with Crippen molar-refractivity contribution in [3.63, 3.8) is 0 Å². The molecule has 0 saturated heterocycles. The number of rotatable bonds is 3. The molecule has 0 atom stereocenters. The van der Waals surface area contributed by atoms with Crippen molar-refractivity contribution in [1.82, 2.24) is 0 Å². The first-order chi connectivity index (χ1) is 26.6. The summed E-state index contributed by atoms with van der Waals surface area (Å²) in [5.41, 5.74) is 4.95. The minimum absolute atomic E-state index is 0.0379. The number of benzene rings is 10. The Bertz CT molecular complexity index is 3270. The van der Waals surface area contributed by atoms with Crippen LogP contribution in [0.2, 0.25) is 0 Å². The van der Waals surface area contributed by atoms with Crippen molar-refractivity contribution >= 4 is 64.6 Å². The van der Waals surface area contributed by atoms with Crippen LogP contribution >= 0.6 is 0 Å². The lowest BCUT2D eigenvalue weighted by Gasteiger charge is -2.21.